The second-order valence-corrected chi connectivity index (χ2v) is 14.2. The SMILES string of the molecule is C1=Cc2ccc(-c3nc(-c4ccccc4)nc(-c4ccc(-c5cccnc5)cc4)n3)cc2C2(c3ccccc31)c1ccccc1Oc1c2ccc2ccccc12. The lowest BCUT2D eigenvalue weighted by atomic mass is 9.62. The van der Waals surface area contributed by atoms with Gasteiger partial charge in [0, 0.05) is 45.6 Å². The molecule has 1 aliphatic heterocycles. The normalized spacial score (nSPS) is 14.9. The number of aromatic nitrogens is 4. The molecule has 0 fully saturated rings. The van der Waals surface area contributed by atoms with E-state index in [0.29, 0.717) is 17.5 Å². The van der Waals surface area contributed by atoms with Crippen molar-refractivity contribution in [1.29, 1.82) is 0 Å². The Balaban J connectivity index is 1.17. The molecule has 5 heteroatoms. The molecule has 0 radical (unpaired) electrons. The molecule has 0 amide bonds. The van der Waals surface area contributed by atoms with Gasteiger partial charge in [-0.1, -0.05) is 164 Å². The van der Waals surface area contributed by atoms with Crippen LogP contribution in [0.3, 0.4) is 0 Å². The van der Waals surface area contributed by atoms with E-state index in [-0.39, 0.29) is 0 Å². The van der Waals surface area contributed by atoms with E-state index in [0.717, 1.165) is 77.9 Å². The van der Waals surface area contributed by atoms with Gasteiger partial charge in [-0.25, -0.2) is 15.0 Å². The lowest BCUT2D eigenvalue weighted by Gasteiger charge is -2.42. The van der Waals surface area contributed by atoms with E-state index in [4.69, 9.17) is 19.7 Å². The fourth-order valence-electron chi connectivity index (χ4n) is 8.52. The molecule has 2 aromatic heterocycles. The molecule has 7 aromatic carbocycles. The third-order valence-electron chi connectivity index (χ3n) is 11.1. The summed E-state index contributed by atoms with van der Waals surface area (Å²) < 4.78 is 6.91. The minimum Gasteiger partial charge on any atom is -0.456 e. The van der Waals surface area contributed by atoms with Crippen molar-refractivity contribution in [3.63, 3.8) is 0 Å². The van der Waals surface area contributed by atoms with Crippen LogP contribution in [0.5, 0.6) is 11.5 Å². The smallest absolute Gasteiger partial charge is 0.164 e. The summed E-state index contributed by atoms with van der Waals surface area (Å²) in [4.78, 5) is 19.7. The summed E-state index contributed by atoms with van der Waals surface area (Å²) in [5, 5.41) is 2.21. The summed E-state index contributed by atoms with van der Waals surface area (Å²) in [7, 11) is 0. The maximum absolute atomic E-state index is 6.91. The van der Waals surface area contributed by atoms with Crippen LogP contribution in [0.2, 0.25) is 0 Å². The van der Waals surface area contributed by atoms with Crippen LogP contribution in [0.15, 0.2) is 182 Å². The summed E-state index contributed by atoms with van der Waals surface area (Å²) in [5.41, 5.74) is 10.9. The van der Waals surface area contributed by atoms with Gasteiger partial charge in [0.1, 0.15) is 11.5 Å². The highest BCUT2D eigenvalue weighted by atomic mass is 16.5. The zero-order chi connectivity index (χ0) is 37.1. The monoisotopic (exact) mass is 716 g/mol. The first-order chi connectivity index (χ1) is 27.7. The van der Waals surface area contributed by atoms with Gasteiger partial charge in [0.2, 0.25) is 0 Å². The molecule has 1 spiro atoms. The first kappa shape index (κ1) is 32.0. The van der Waals surface area contributed by atoms with Gasteiger partial charge in [-0.3, -0.25) is 4.98 Å². The van der Waals surface area contributed by atoms with Gasteiger partial charge in [-0.2, -0.15) is 0 Å². The van der Waals surface area contributed by atoms with E-state index in [1.165, 1.54) is 5.56 Å². The van der Waals surface area contributed by atoms with Crippen molar-refractivity contribution >= 4 is 22.9 Å². The van der Waals surface area contributed by atoms with Crippen LogP contribution in [0.25, 0.3) is 68.2 Å². The number of fused-ring (bicyclic) bond motifs is 10. The Kier molecular flexibility index (Phi) is 7.32. The molecule has 3 heterocycles. The quantitative estimate of drug-likeness (QED) is 0.181. The number of hydrogen-bond donors (Lipinski definition) is 0. The highest BCUT2D eigenvalue weighted by molar-refractivity contribution is 5.94. The van der Waals surface area contributed by atoms with Crippen molar-refractivity contribution in [1.82, 2.24) is 19.9 Å². The lowest BCUT2D eigenvalue weighted by molar-refractivity contribution is 0.439. The minimum atomic E-state index is -0.722. The van der Waals surface area contributed by atoms with Crippen LogP contribution in [0, 0.1) is 0 Å². The fourth-order valence-corrected chi connectivity index (χ4v) is 8.52. The van der Waals surface area contributed by atoms with Gasteiger partial charge >= 0.3 is 0 Å². The van der Waals surface area contributed by atoms with Gasteiger partial charge in [-0.15, -0.1) is 0 Å². The Labute approximate surface area is 324 Å². The molecular formula is C51H32N4O. The van der Waals surface area contributed by atoms with Gasteiger partial charge in [0.05, 0.1) is 5.41 Å². The average Bonchev–Trinajstić information content (AvgIpc) is 3.42. The molecule has 56 heavy (non-hydrogen) atoms. The molecule has 1 atom stereocenters. The molecule has 11 rings (SSSR count). The van der Waals surface area contributed by atoms with Crippen molar-refractivity contribution in [3.05, 3.63) is 216 Å². The number of rotatable bonds is 4. The third-order valence-corrected chi connectivity index (χ3v) is 11.1. The average molecular weight is 717 g/mol. The van der Waals surface area contributed by atoms with E-state index in [9.17, 15) is 0 Å². The van der Waals surface area contributed by atoms with Crippen LogP contribution in [0.4, 0.5) is 0 Å². The second kappa shape index (κ2) is 12.8. The van der Waals surface area contributed by atoms with Crippen LogP contribution in [0.1, 0.15) is 33.4 Å². The first-order valence-corrected chi connectivity index (χ1v) is 18.8. The molecule has 0 N–H and O–H groups in total. The molecule has 1 aliphatic carbocycles. The number of pyridine rings is 1. The van der Waals surface area contributed by atoms with Gasteiger partial charge in [0.15, 0.2) is 17.5 Å². The lowest BCUT2D eigenvalue weighted by Crippen LogP contribution is -2.35. The summed E-state index contributed by atoms with van der Waals surface area (Å²) in [6.07, 6.45) is 8.14. The molecule has 9 aromatic rings. The third kappa shape index (κ3) is 5.02. The van der Waals surface area contributed by atoms with Gasteiger partial charge in [-0.05, 0) is 57.0 Å². The van der Waals surface area contributed by atoms with Crippen molar-refractivity contribution in [2.24, 2.45) is 0 Å². The number of hydrogen-bond acceptors (Lipinski definition) is 5. The maximum atomic E-state index is 6.91. The highest BCUT2D eigenvalue weighted by Gasteiger charge is 2.48. The van der Waals surface area contributed by atoms with E-state index in [2.05, 4.69) is 151 Å². The molecule has 262 valence electrons. The molecule has 5 nitrogen and oxygen atoms in total. The van der Waals surface area contributed by atoms with Crippen molar-refractivity contribution in [3.8, 4) is 56.8 Å². The largest absolute Gasteiger partial charge is 0.456 e. The van der Waals surface area contributed by atoms with Gasteiger partial charge in [0.25, 0.3) is 0 Å². The predicted octanol–water partition coefficient (Wildman–Crippen LogP) is 12.1. The zero-order valence-corrected chi connectivity index (χ0v) is 30.2. The Bertz CT molecular complexity index is 3000. The number of nitrogens with zero attached hydrogens (tertiary/aromatic N) is 4. The van der Waals surface area contributed by atoms with Crippen molar-refractivity contribution in [2.45, 2.75) is 5.41 Å². The van der Waals surface area contributed by atoms with Gasteiger partial charge < -0.3 is 4.74 Å². The van der Waals surface area contributed by atoms with Crippen LogP contribution < -0.4 is 4.74 Å². The van der Waals surface area contributed by atoms with E-state index in [1.807, 2.05) is 42.6 Å². The van der Waals surface area contributed by atoms with Crippen LogP contribution in [-0.2, 0) is 5.41 Å². The Morgan fingerprint density at radius 1 is 0.411 bits per heavy atom. The molecule has 0 saturated carbocycles. The van der Waals surface area contributed by atoms with Crippen molar-refractivity contribution in [2.75, 3.05) is 0 Å². The Hall–Kier alpha value is -7.50. The van der Waals surface area contributed by atoms with Crippen LogP contribution >= 0.6 is 0 Å². The minimum absolute atomic E-state index is 0.601. The predicted molar refractivity (Wildman–Crippen MR) is 224 cm³/mol. The molecule has 2 aliphatic rings. The van der Waals surface area contributed by atoms with Crippen LogP contribution in [-0.4, -0.2) is 19.9 Å². The van der Waals surface area contributed by atoms with Crippen molar-refractivity contribution < 1.29 is 4.74 Å². The standard InChI is InChI=1S/C51H32N4O/c1-2-13-37(14-3-1)48-53-49(38-25-20-33(21-26-38)40-15-10-30-52-32-40)55-50(54-48)39-27-24-36-23-22-35-12-5-7-17-42(35)51(45(36)31-39)43-18-8-9-19-46(43)56-47-41-16-6-4-11-34(41)28-29-44(47)51/h1-32H. The number of para-hydroxylation sites is 1. The summed E-state index contributed by atoms with van der Waals surface area (Å²) in [6, 6.07) is 59.3. The molecule has 0 saturated heterocycles. The Morgan fingerprint density at radius 2 is 1.04 bits per heavy atom. The molecule has 0 bridgehead atoms. The van der Waals surface area contributed by atoms with E-state index in [1.54, 1.807) is 6.20 Å². The first-order valence-electron chi connectivity index (χ1n) is 18.8. The number of benzene rings is 7. The Morgan fingerprint density at radius 3 is 1.84 bits per heavy atom. The van der Waals surface area contributed by atoms with E-state index >= 15 is 0 Å². The topological polar surface area (TPSA) is 60.8 Å². The summed E-state index contributed by atoms with van der Waals surface area (Å²) in [5.74, 6) is 3.54. The summed E-state index contributed by atoms with van der Waals surface area (Å²) >= 11 is 0. The molecular weight excluding hydrogens is 685 g/mol. The highest BCUT2D eigenvalue weighted by Crippen LogP contribution is 2.59. The summed E-state index contributed by atoms with van der Waals surface area (Å²) in [6.45, 7) is 0. The number of ether oxygens (including phenoxy) is 1. The fraction of sp³-hybridized carbons (Fsp3) is 0.0196. The van der Waals surface area contributed by atoms with E-state index < -0.39 is 5.41 Å². The second-order valence-electron chi connectivity index (χ2n) is 14.2. The zero-order valence-electron chi connectivity index (χ0n) is 30.2. The molecule has 1 unspecified atom stereocenters. The maximum Gasteiger partial charge on any atom is 0.164 e.